The number of ether oxygens (including phenoxy) is 2. The average Bonchev–Trinajstić information content (AvgIpc) is 3.32. The topological polar surface area (TPSA) is 86.5 Å². The molecule has 9 heteroatoms. The number of hydrogen-bond acceptors (Lipinski definition) is 7. The summed E-state index contributed by atoms with van der Waals surface area (Å²) in [6.45, 7) is 3.04. The standard InChI is InChI=1S/C17H20FN3O4S/c1-11(24-13-6-4-12(18)5-7-13)16-20-21-17(25-16)26-10-15(22)19-9-14-3-2-8-23-14/h4-7,11,14H,2-3,8-10H2,1H3,(H,19,22). The van der Waals surface area contributed by atoms with Crippen LogP contribution in [0.15, 0.2) is 33.9 Å². The van der Waals surface area contributed by atoms with Gasteiger partial charge in [-0.2, -0.15) is 0 Å². The van der Waals surface area contributed by atoms with Crippen LogP contribution in [-0.2, 0) is 9.53 Å². The van der Waals surface area contributed by atoms with Crippen molar-refractivity contribution in [1.29, 1.82) is 0 Å². The third kappa shape index (κ3) is 5.43. The van der Waals surface area contributed by atoms with Gasteiger partial charge in [0.1, 0.15) is 11.6 Å². The molecule has 1 aromatic carbocycles. The summed E-state index contributed by atoms with van der Waals surface area (Å²) in [6.07, 6.45) is 1.64. The van der Waals surface area contributed by atoms with Gasteiger partial charge in [0.25, 0.3) is 11.1 Å². The molecular weight excluding hydrogens is 361 g/mol. The Balaban J connectivity index is 1.43. The lowest BCUT2D eigenvalue weighted by Gasteiger charge is -2.10. The van der Waals surface area contributed by atoms with E-state index in [0.29, 0.717) is 17.5 Å². The van der Waals surface area contributed by atoms with Crippen molar-refractivity contribution < 1.29 is 23.1 Å². The Bertz CT molecular complexity index is 719. The molecule has 1 aliphatic rings. The summed E-state index contributed by atoms with van der Waals surface area (Å²) in [5, 5.41) is 11.0. The van der Waals surface area contributed by atoms with Crippen LogP contribution in [0.3, 0.4) is 0 Å². The monoisotopic (exact) mass is 381 g/mol. The quantitative estimate of drug-likeness (QED) is 0.704. The highest BCUT2D eigenvalue weighted by atomic mass is 32.2. The second-order valence-corrected chi connectivity index (χ2v) is 6.77. The fourth-order valence-corrected chi connectivity index (χ4v) is 3.02. The van der Waals surface area contributed by atoms with E-state index < -0.39 is 6.10 Å². The van der Waals surface area contributed by atoms with Crippen molar-refractivity contribution in [2.75, 3.05) is 18.9 Å². The van der Waals surface area contributed by atoms with Crippen LogP contribution in [0.25, 0.3) is 0 Å². The number of nitrogens with one attached hydrogen (secondary N) is 1. The number of nitrogens with zero attached hydrogens (tertiary/aromatic N) is 2. The van der Waals surface area contributed by atoms with Gasteiger partial charge in [-0.25, -0.2) is 4.39 Å². The minimum atomic E-state index is -0.490. The fourth-order valence-electron chi connectivity index (χ4n) is 2.42. The van der Waals surface area contributed by atoms with Gasteiger partial charge in [0, 0.05) is 13.2 Å². The van der Waals surface area contributed by atoms with Crippen LogP contribution >= 0.6 is 11.8 Å². The van der Waals surface area contributed by atoms with Gasteiger partial charge in [-0.1, -0.05) is 11.8 Å². The van der Waals surface area contributed by atoms with Gasteiger partial charge in [-0.05, 0) is 44.0 Å². The number of carbonyl (C=O) groups excluding carboxylic acids is 1. The summed E-state index contributed by atoms with van der Waals surface area (Å²) in [4.78, 5) is 11.8. The molecular formula is C17H20FN3O4S. The SMILES string of the molecule is CC(Oc1ccc(F)cc1)c1nnc(SCC(=O)NCC2CCCO2)o1. The van der Waals surface area contributed by atoms with E-state index >= 15 is 0 Å². The van der Waals surface area contributed by atoms with Crippen LogP contribution in [0.5, 0.6) is 5.75 Å². The van der Waals surface area contributed by atoms with Gasteiger partial charge in [-0.3, -0.25) is 4.79 Å². The van der Waals surface area contributed by atoms with E-state index in [2.05, 4.69) is 15.5 Å². The first-order valence-electron chi connectivity index (χ1n) is 8.37. The number of rotatable bonds is 8. The number of thioether (sulfide) groups is 1. The molecule has 3 rings (SSSR count). The molecule has 7 nitrogen and oxygen atoms in total. The zero-order valence-electron chi connectivity index (χ0n) is 14.3. The first-order chi connectivity index (χ1) is 12.6. The molecule has 2 atom stereocenters. The highest BCUT2D eigenvalue weighted by Gasteiger charge is 2.18. The van der Waals surface area contributed by atoms with Crippen LogP contribution in [0.4, 0.5) is 4.39 Å². The molecule has 0 saturated carbocycles. The zero-order chi connectivity index (χ0) is 18.4. The molecule has 1 fully saturated rings. The normalized spacial score (nSPS) is 17.8. The minimum Gasteiger partial charge on any atom is -0.481 e. The Hall–Kier alpha value is -2.13. The number of amides is 1. The lowest BCUT2D eigenvalue weighted by Crippen LogP contribution is -2.32. The van der Waals surface area contributed by atoms with E-state index in [1.807, 2.05) is 0 Å². The molecule has 0 bridgehead atoms. The van der Waals surface area contributed by atoms with Crippen molar-refractivity contribution in [2.24, 2.45) is 0 Å². The molecule has 1 saturated heterocycles. The van der Waals surface area contributed by atoms with Crippen molar-refractivity contribution in [3.05, 3.63) is 36.0 Å². The molecule has 140 valence electrons. The fraction of sp³-hybridized carbons (Fsp3) is 0.471. The second-order valence-electron chi connectivity index (χ2n) is 5.85. The van der Waals surface area contributed by atoms with Gasteiger partial charge in [-0.15, -0.1) is 10.2 Å². The van der Waals surface area contributed by atoms with E-state index in [1.165, 1.54) is 24.3 Å². The lowest BCUT2D eigenvalue weighted by atomic mass is 10.2. The first-order valence-corrected chi connectivity index (χ1v) is 9.35. The molecule has 2 aromatic rings. The number of benzene rings is 1. The number of hydrogen-bond donors (Lipinski definition) is 1. The van der Waals surface area contributed by atoms with E-state index in [-0.39, 0.29) is 29.5 Å². The Morgan fingerprint density at radius 3 is 2.96 bits per heavy atom. The zero-order valence-corrected chi connectivity index (χ0v) is 15.1. The second kappa shape index (κ2) is 9.00. The van der Waals surface area contributed by atoms with E-state index in [9.17, 15) is 9.18 Å². The van der Waals surface area contributed by atoms with Crippen LogP contribution in [0, 0.1) is 5.82 Å². The van der Waals surface area contributed by atoms with Crippen LogP contribution in [0.1, 0.15) is 31.8 Å². The summed E-state index contributed by atoms with van der Waals surface area (Å²) in [5.41, 5.74) is 0. The average molecular weight is 381 g/mol. The maximum absolute atomic E-state index is 12.9. The maximum Gasteiger partial charge on any atom is 0.277 e. The predicted octanol–water partition coefficient (Wildman–Crippen LogP) is 2.74. The molecule has 0 aliphatic carbocycles. The summed E-state index contributed by atoms with van der Waals surface area (Å²) in [6, 6.07) is 5.67. The van der Waals surface area contributed by atoms with Crippen molar-refractivity contribution in [3.63, 3.8) is 0 Å². The van der Waals surface area contributed by atoms with Crippen molar-refractivity contribution >= 4 is 17.7 Å². The number of aromatic nitrogens is 2. The van der Waals surface area contributed by atoms with Gasteiger partial charge < -0.3 is 19.2 Å². The molecule has 1 aromatic heterocycles. The number of carbonyl (C=O) groups is 1. The Labute approximate surface area is 154 Å². The van der Waals surface area contributed by atoms with Gasteiger partial charge in [0.15, 0.2) is 6.10 Å². The minimum absolute atomic E-state index is 0.110. The largest absolute Gasteiger partial charge is 0.481 e. The third-order valence-corrected chi connectivity index (χ3v) is 4.59. The Kier molecular flexibility index (Phi) is 6.45. The van der Waals surface area contributed by atoms with Crippen molar-refractivity contribution in [2.45, 2.75) is 37.2 Å². The van der Waals surface area contributed by atoms with Gasteiger partial charge in [0.2, 0.25) is 5.91 Å². The molecule has 2 unspecified atom stereocenters. The van der Waals surface area contributed by atoms with Gasteiger partial charge >= 0.3 is 0 Å². The molecule has 0 spiro atoms. The van der Waals surface area contributed by atoms with Crippen LogP contribution in [0.2, 0.25) is 0 Å². The summed E-state index contributed by atoms with van der Waals surface area (Å²) >= 11 is 1.16. The Morgan fingerprint density at radius 1 is 1.42 bits per heavy atom. The third-order valence-electron chi connectivity index (χ3n) is 3.77. The highest BCUT2D eigenvalue weighted by molar-refractivity contribution is 7.99. The van der Waals surface area contributed by atoms with Crippen LogP contribution < -0.4 is 10.1 Å². The van der Waals surface area contributed by atoms with Crippen LogP contribution in [-0.4, -0.2) is 41.1 Å². The smallest absolute Gasteiger partial charge is 0.277 e. The van der Waals surface area contributed by atoms with E-state index in [4.69, 9.17) is 13.9 Å². The van der Waals surface area contributed by atoms with E-state index in [0.717, 1.165) is 31.2 Å². The molecule has 1 amide bonds. The molecule has 1 N–H and O–H groups in total. The molecule has 26 heavy (non-hydrogen) atoms. The van der Waals surface area contributed by atoms with Crippen molar-refractivity contribution in [1.82, 2.24) is 15.5 Å². The summed E-state index contributed by atoms with van der Waals surface area (Å²) < 4.78 is 29.5. The first kappa shape index (κ1) is 18.7. The van der Waals surface area contributed by atoms with Crippen molar-refractivity contribution in [3.8, 4) is 5.75 Å². The predicted molar refractivity (Wildman–Crippen MR) is 92.4 cm³/mol. The Morgan fingerprint density at radius 2 is 2.23 bits per heavy atom. The summed E-state index contributed by atoms with van der Waals surface area (Å²) in [5.74, 6) is 0.526. The lowest BCUT2D eigenvalue weighted by molar-refractivity contribution is -0.119. The van der Waals surface area contributed by atoms with E-state index in [1.54, 1.807) is 6.92 Å². The highest BCUT2D eigenvalue weighted by Crippen LogP contribution is 2.24. The molecule has 0 radical (unpaired) electrons. The molecule has 1 aliphatic heterocycles. The van der Waals surface area contributed by atoms with Gasteiger partial charge in [0.05, 0.1) is 11.9 Å². The number of halogens is 1. The maximum atomic E-state index is 12.9. The summed E-state index contributed by atoms with van der Waals surface area (Å²) in [7, 11) is 0. The molecule has 2 heterocycles.